The lowest BCUT2D eigenvalue weighted by molar-refractivity contribution is -0.143. The summed E-state index contributed by atoms with van der Waals surface area (Å²) in [6.45, 7) is 5.77. The summed E-state index contributed by atoms with van der Waals surface area (Å²) in [5.74, 6) is -0.459. The number of carbonyl (C=O) groups is 2. The minimum absolute atomic E-state index is 0.269. The molecular weight excluding hydrogens is 278 g/mol. The van der Waals surface area contributed by atoms with E-state index in [2.05, 4.69) is 5.32 Å². The first kappa shape index (κ1) is 16.5. The second-order valence-corrected chi connectivity index (χ2v) is 5.57. The second-order valence-electron chi connectivity index (χ2n) is 5.14. The van der Waals surface area contributed by atoms with Gasteiger partial charge in [0.05, 0.1) is 7.11 Å². The summed E-state index contributed by atoms with van der Waals surface area (Å²) >= 11 is 5.86. The number of methoxy groups -OCH3 is 1. The van der Waals surface area contributed by atoms with Gasteiger partial charge in [-0.15, -0.1) is 0 Å². The smallest absolute Gasteiger partial charge is 0.328 e. The van der Waals surface area contributed by atoms with E-state index in [1.807, 2.05) is 13.8 Å². The maximum absolute atomic E-state index is 12.2. The van der Waals surface area contributed by atoms with Gasteiger partial charge >= 0.3 is 5.97 Å². The Balaban J connectivity index is 2.87. The van der Waals surface area contributed by atoms with Crippen LogP contribution in [0.5, 0.6) is 0 Å². The molecule has 5 heteroatoms. The van der Waals surface area contributed by atoms with E-state index in [1.165, 1.54) is 7.11 Å². The number of benzene rings is 1. The number of nitrogens with one attached hydrogen (secondary N) is 1. The molecule has 1 aromatic carbocycles. The van der Waals surface area contributed by atoms with Gasteiger partial charge in [-0.3, -0.25) is 4.79 Å². The summed E-state index contributed by atoms with van der Waals surface area (Å²) in [5.41, 5.74) is 1.27. The predicted molar refractivity (Wildman–Crippen MR) is 78.9 cm³/mol. The predicted octanol–water partition coefficient (Wildman–Crippen LogP) is 2.97. The molecule has 0 bridgehead atoms. The summed E-state index contributed by atoms with van der Waals surface area (Å²) in [6, 6.07) is 4.38. The highest BCUT2D eigenvalue weighted by atomic mass is 35.5. The van der Waals surface area contributed by atoms with Crippen molar-refractivity contribution in [1.29, 1.82) is 0 Å². The van der Waals surface area contributed by atoms with Gasteiger partial charge in [-0.2, -0.15) is 0 Å². The topological polar surface area (TPSA) is 55.4 Å². The van der Waals surface area contributed by atoms with E-state index in [4.69, 9.17) is 16.3 Å². The van der Waals surface area contributed by atoms with Gasteiger partial charge in [-0.05, 0) is 43.0 Å². The van der Waals surface area contributed by atoms with Crippen LogP contribution in [-0.4, -0.2) is 25.0 Å². The van der Waals surface area contributed by atoms with E-state index in [-0.39, 0.29) is 11.8 Å². The van der Waals surface area contributed by atoms with Crippen molar-refractivity contribution >= 4 is 23.5 Å². The van der Waals surface area contributed by atoms with E-state index in [0.717, 1.165) is 5.56 Å². The Kier molecular flexibility index (Phi) is 6.02. The van der Waals surface area contributed by atoms with E-state index in [1.54, 1.807) is 25.1 Å². The zero-order valence-corrected chi connectivity index (χ0v) is 13.0. The van der Waals surface area contributed by atoms with Gasteiger partial charge < -0.3 is 10.1 Å². The van der Waals surface area contributed by atoms with Crippen molar-refractivity contribution in [3.8, 4) is 0 Å². The van der Waals surface area contributed by atoms with Crippen LogP contribution in [0.3, 0.4) is 0 Å². The average molecular weight is 298 g/mol. The van der Waals surface area contributed by atoms with Gasteiger partial charge in [-0.1, -0.05) is 25.4 Å². The van der Waals surface area contributed by atoms with Gasteiger partial charge in [0.2, 0.25) is 0 Å². The highest BCUT2D eigenvalue weighted by Crippen LogP contribution is 2.16. The molecule has 1 amide bonds. The molecular formula is C15H20ClNO3. The molecule has 0 saturated carbocycles. The zero-order chi connectivity index (χ0) is 15.3. The number of ether oxygens (including phenoxy) is 1. The van der Waals surface area contributed by atoms with Gasteiger partial charge in [0.25, 0.3) is 5.91 Å². The fourth-order valence-electron chi connectivity index (χ4n) is 1.95. The molecule has 0 aromatic heterocycles. The molecule has 0 saturated heterocycles. The Bertz CT molecular complexity index is 500. The van der Waals surface area contributed by atoms with Crippen molar-refractivity contribution < 1.29 is 14.3 Å². The number of hydrogen-bond acceptors (Lipinski definition) is 3. The molecule has 0 aliphatic carbocycles. The molecule has 0 fully saturated rings. The number of amides is 1. The molecule has 1 rings (SSSR count). The maximum Gasteiger partial charge on any atom is 0.328 e. The van der Waals surface area contributed by atoms with Crippen molar-refractivity contribution in [2.24, 2.45) is 5.92 Å². The van der Waals surface area contributed by atoms with Gasteiger partial charge in [0.15, 0.2) is 0 Å². The quantitative estimate of drug-likeness (QED) is 0.850. The van der Waals surface area contributed by atoms with E-state index < -0.39 is 12.0 Å². The SMILES string of the molecule is COC(=O)C(CC(C)C)NC(=O)c1ccc(Cl)cc1C. The Labute approximate surface area is 124 Å². The molecule has 0 spiro atoms. The average Bonchev–Trinajstić information content (AvgIpc) is 2.36. The zero-order valence-electron chi connectivity index (χ0n) is 12.2. The standard InChI is InChI=1S/C15H20ClNO3/c1-9(2)7-13(15(19)20-4)17-14(18)12-6-5-11(16)8-10(12)3/h5-6,8-9,13H,7H2,1-4H3,(H,17,18). The van der Waals surface area contributed by atoms with Gasteiger partial charge in [-0.25, -0.2) is 4.79 Å². The lowest BCUT2D eigenvalue weighted by Crippen LogP contribution is -2.42. The third-order valence-corrected chi connectivity index (χ3v) is 3.17. The third-order valence-electron chi connectivity index (χ3n) is 2.93. The Morgan fingerprint density at radius 2 is 2.00 bits per heavy atom. The monoisotopic (exact) mass is 297 g/mol. The van der Waals surface area contributed by atoms with E-state index in [0.29, 0.717) is 17.0 Å². The first-order chi connectivity index (χ1) is 9.35. The van der Waals surface area contributed by atoms with Crippen molar-refractivity contribution in [3.63, 3.8) is 0 Å². The van der Waals surface area contributed by atoms with Gasteiger partial charge in [0.1, 0.15) is 6.04 Å². The number of aryl methyl sites for hydroxylation is 1. The molecule has 0 radical (unpaired) electrons. The Hall–Kier alpha value is -1.55. The van der Waals surface area contributed by atoms with Crippen LogP contribution in [0.1, 0.15) is 36.2 Å². The fourth-order valence-corrected chi connectivity index (χ4v) is 2.17. The first-order valence-corrected chi connectivity index (χ1v) is 6.87. The third kappa shape index (κ3) is 4.53. The summed E-state index contributed by atoms with van der Waals surface area (Å²) < 4.78 is 4.72. The number of hydrogen-bond donors (Lipinski definition) is 1. The fraction of sp³-hybridized carbons (Fsp3) is 0.467. The molecule has 110 valence electrons. The highest BCUT2D eigenvalue weighted by Gasteiger charge is 2.23. The minimum atomic E-state index is -0.637. The van der Waals surface area contributed by atoms with Crippen molar-refractivity contribution in [1.82, 2.24) is 5.32 Å². The van der Waals surface area contributed by atoms with Crippen LogP contribution >= 0.6 is 11.6 Å². The molecule has 20 heavy (non-hydrogen) atoms. The summed E-state index contributed by atoms with van der Waals surface area (Å²) in [4.78, 5) is 23.9. The highest BCUT2D eigenvalue weighted by molar-refractivity contribution is 6.30. The van der Waals surface area contributed by atoms with E-state index in [9.17, 15) is 9.59 Å². The largest absolute Gasteiger partial charge is 0.467 e. The van der Waals surface area contributed by atoms with Crippen molar-refractivity contribution in [2.45, 2.75) is 33.2 Å². The molecule has 4 nitrogen and oxygen atoms in total. The molecule has 1 N–H and O–H groups in total. The Morgan fingerprint density at radius 3 is 2.50 bits per heavy atom. The molecule has 0 aliphatic rings. The second kappa shape index (κ2) is 7.29. The summed E-state index contributed by atoms with van der Waals surface area (Å²) in [6.07, 6.45) is 0.533. The normalized spacial score (nSPS) is 12.1. The number of halogens is 1. The molecule has 0 aliphatic heterocycles. The maximum atomic E-state index is 12.2. The van der Waals surface area contributed by atoms with Crippen LogP contribution in [-0.2, 0) is 9.53 Å². The molecule has 1 atom stereocenters. The summed E-state index contributed by atoms with van der Waals surface area (Å²) in [7, 11) is 1.31. The van der Waals surface area contributed by atoms with Crippen LogP contribution < -0.4 is 5.32 Å². The van der Waals surface area contributed by atoms with E-state index >= 15 is 0 Å². The molecule has 1 unspecified atom stereocenters. The van der Waals surface area contributed by atoms with Crippen LogP contribution in [0.2, 0.25) is 5.02 Å². The van der Waals surface area contributed by atoms with Crippen LogP contribution in [0.4, 0.5) is 0 Å². The van der Waals surface area contributed by atoms with Crippen molar-refractivity contribution in [2.75, 3.05) is 7.11 Å². The number of rotatable bonds is 5. The Morgan fingerprint density at radius 1 is 1.35 bits per heavy atom. The molecule has 0 heterocycles. The van der Waals surface area contributed by atoms with Crippen LogP contribution in [0, 0.1) is 12.8 Å². The lowest BCUT2D eigenvalue weighted by atomic mass is 10.0. The minimum Gasteiger partial charge on any atom is -0.467 e. The summed E-state index contributed by atoms with van der Waals surface area (Å²) in [5, 5.41) is 3.29. The lowest BCUT2D eigenvalue weighted by Gasteiger charge is -2.19. The van der Waals surface area contributed by atoms with Crippen LogP contribution in [0.25, 0.3) is 0 Å². The number of esters is 1. The molecule has 1 aromatic rings. The van der Waals surface area contributed by atoms with Crippen molar-refractivity contribution in [3.05, 3.63) is 34.3 Å². The first-order valence-electron chi connectivity index (χ1n) is 6.50. The van der Waals surface area contributed by atoms with Crippen LogP contribution in [0.15, 0.2) is 18.2 Å². The van der Waals surface area contributed by atoms with Gasteiger partial charge in [0, 0.05) is 10.6 Å². The number of carbonyl (C=O) groups excluding carboxylic acids is 2.